The predicted molar refractivity (Wildman–Crippen MR) is 140 cm³/mol. The number of ether oxygens (including phenoxy) is 1. The van der Waals surface area contributed by atoms with Crippen molar-refractivity contribution in [2.24, 2.45) is 0 Å². The Morgan fingerprint density at radius 2 is 1.78 bits per heavy atom. The van der Waals surface area contributed by atoms with Crippen LogP contribution in [-0.2, 0) is 4.74 Å². The molecule has 1 amide bonds. The SMILES string of the molecule is CN1CCC(OC(=O)c2ccc(-c3ccc(Cl)cc3Cl)cc2NC(=O)c2cc(O)c(C=O)cc2C=O)C1. The number of nitrogens with zero attached hydrogens (tertiary/aromatic N) is 1. The van der Waals surface area contributed by atoms with Crippen molar-refractivity contribution < 1.29 is 29.0 Å². The van der Waals surface area contributed by atoms with E-state index in [9.17, 15) is 24.3 Å². The summed E-state index contributed by atoms with van der Waals surface area (Å²) in [5, 5.41) is 13.5. The highest BCUT2D eigenvalue weighted by atomic mass is 35.5. The molecule has 0 spiro atoms. The molecule has 1 unspecified atom stereocenters. The maximum absolute atomic E-state index is 13.2. The van der Waals surface area contributed by atoms with E-state index >= 15 is 0 Å². The van der Waals surface area contributed by atoms with Crippen molar-refractivity contribution in [3.63, 3.8) is 0 Å². The molecule has 1 aliphatic rings. The lowest BCUT2D eigenvalue weighted by Gasteiger charge is -2.17. The number of anilines is 1. The van der Waals surface area contributed by atoms with Gasteiger partial charge in [-0.25, -0.2) is 4.79 Å². The molecular weight excluding hydrogens is 519 g/mol. The molecule has 1 heterocycles. The van der Waals surface area contributed by atoms with Gasteiger partial charge in [-0.3, -0.25) is 14.4 Å². The number of halogens is 2. The maximum atomic E-state index is 13.2. The van der Waals surface area contributed by atoms with Crippen LogP contribution in [0.4, 0.5) is 5.69 Å². The Hall–Kier alpha value is -3.72. The third-order valence-electron chi connectivity index (χ3n) is 6.05. The summed E-state index contributed by atoms with van der Waals surface area (Å²) in [5.41, 5.74) is 0.990. The van der Waals surface area contributed by atoms with Gasteiger partial charge in [0.05, 0.1) is 22.4 Å². The highest BCUT2D eigenvalue weighted by Gasteiger charge is 2.26. The van der Waals surface area contributed by atoms with Crippen LogP contribution in [-0.4, -0.2) is 60.7 Å². The lowest BCUT2D eigenvalue weighted by molar-refractivity contribution is 0.0328. The van der Waals surface area contributed by atoms with Gasteiger partial charge in [-0.15, -0.1) is 0 Å². The molecule has 4 rings (SSSR count). The van der Waals surface area contributed by atoms with Gasteiger partial charge in [-0.1, -0.05) is 35.3 Å². The molecule has 1 atom stereocenters. The second-order valence-electron chi connectivity index (χ2n) is 8.65. The van der Waals surface area contributed by atoms with Crippen LogP contribution in [0.1, 0.15) is 47.9 Å². The fourth-order valence-electron chi connectivity index (χ4n) is 4.12. The zero-order chi connectivity index (χ0) is 26.7. The van der Waals surface area contributed by atoms with E-state index in [1.807, 2.05) is 11.9 Å². The first-order valence-electron chi connectivity index (χ1n) is 11.3. The number of nitrogens with one attached hydrogen (secondary N) is 1. The Morgan fingerprint density at radius 3 is 2.43 bits per heavy atom. The van der Waals surface area contributed by atoms with Crippen molar-refractivity contribution >= 4 is 53.3 Å². The molecule has 1 fully saturated rings. The number of hydrogen-bond acceptors (Lipinski definition) is 7. The third kappa shape index (κ3) is 5.83. The summed E-state index contributed by atoms with van der Waals surface area (Å²) >= 11 is 12.4. The largest absolute Gasteiger partial charge is 0.507 e. The first kappa shape index (κ1) is 26.3. The molecule has 1 aliphatic heterocycles. The number of carbonyl (C=O) groups excluding carboxylic acids is 4. The van der Waals surface area contributed by atoms with Gasteiger partial charge in [0.25, 0.3) is 5.91 Å². The number of aldehydes is 2. The van der Waals surface area contributed by atoms with E-state index in [0.717, 1.165) is 18.7 Å². The van der Waals surface area contributed by atoms with Gasteiger partial charge in [-0.05, 0) is 55.4 Å². The summed E-state index contributed by atoms with van der Waals surface area (Å²) in [6.07, 6.45) is 1.17. The summed E-state index contributed by atoms with van der Waals surface area (Å²) in [6, 6.07) is 11.8. The maximum Gasteiger partial charge on any atom is 0.340 e. The van der Waals surface area contributed by atoms with Crippen molar-refractivity contribution in [2.45, 2.75) is 12.5 Å². The van der Waals surface area contributed by atoms with Gasteiger partial charge in [0.1, 0.15) is 11.9 Å². The quantitative estimate of drug-likeness (QED) is 0.316. The van der Waals surface area contributed by atoms with Gasteiger partial charge < -0.3 is 20.1 Å². The van der Waals surface area contributed by atoms with Crippen LogP contribution < -0.4 is 5.32 Å². The summed E-state index contributed by atoms with van der Waals surface area (Å²) in [4.78, 5) is 51.0. The Kier molecular flexibility index (Phi) is 7.92. The average Bonchev–Trinajstić information content (AvgIpc) is 3.28. The summed E-state index contributed by atoms with van der Waals surface area (Å²) in [5.74, 6) is -1.86. The predicted octanol–water partition coefficient (Wildman–Crippen LogP) is 5.10. The number of aromatic hydroxyl groups is 1. The molecule has 0 radical (unpaired) electrons. The number of carbonyl (C=O) groups is 4. The molecule has 37 heavy (non-hydrogen) atoms. The molecule has 0 saturated carbocycles. The normalized spacial score (nSPS) is 15.3. The minimum Gasteiger partial charge on any atom is -0.507 e. The van der Waals surface area contributed by atoms with Crippen LogP contribution in [0.2, 0.25) is 10.0 Å². The van der Waals surface area contributed by atoms with Gasteiger partial charge in [0.2, 0.25) is 0 Å². The van der Waals surface area contributed by atoms with Crippen LogP contribution in [0.25, 0.3) is 11.1 Å². The summed E-state index contributed by atoms with van der Waals surface area (Å²) < 4.78 is 5.66. The van der Waals surface area contributed by atoms with Crippen LogP contribution >= 0.6 is 23.2 Å². The van der Waals surface area contributed by atoms with Crippen molar-refractivity contribution in [1.29, 1.82) is 0 Å². The Bertz CT molecular complexity index is 1410. The minimum absolute atomic E-state index is 0.0955. The molecule has 0 bridgehead atoms. The molecule has 3 aromatic carbocycles. The fourth-order valence-corrected chi connectivity index (χ4v) is 4.64. The second kappa shape index (κ2) is 11.1. The molecule has 1 saturated heterocycles. The number of likely N-dealkylation sites (N-methyl/N-ethyl adjacent to an activating group) is 1. The molecule has 8 nitrogen and oxygen atoms in total. The van der Waals surface area contributed by atoms with Crippen molar-refractivity contribution in [3.05, 3.63) is 80.8 Å². The smallest absolute Gasteiger partial charge is 0.340 e. The number of esters is 1. The second-order valence-corrected chi connectivity index (χ2v) is 9.49. The number of likely N-dealkylation sites (tertiary alicyclic amines) is 1. The third-order valence-corrected chi connectivity index (χ3v) is 6.60. The van der Waals surface area contributed by atoms with Crippen molar-refractivity contribution in [1.82, 2.24) is 4.90 Å². The number of rotatable bonds is 7. The van der Waals surface area contributed by atoms with E-state index in [-0.39, 0.29) is 34.0 Å². The number of amides is 1. The Morgan fingerprint density at radius 1 is 1.03 bits per heavy atom. The lowest BCUT2D eigenvalue weighted by atomic mass is 10.0. The zero-order valence-electron chi connectivity index (χ0n) is 19.7. The van der Waals surface area contributed by atoms with E-state index in [1.54, 1.807) is 30.3 Å². The number of phenols is 1. The first-order valence-corrected chi connectivity index (χ1v) is 12.0. The monoisotopic (exact) mass is 540 g/mol. The summed E-state index contributed by atoms with van der Waals surface area (Å²) in [7, 11) is 1.93. The van der Waals surface area contributed by atoms with Crippen molar-refractivity contribution in [3.8, 4) is 16.9 Å². The first-order chi connectivity index (χ1) is 17.7. The Labute approximate surface area is 222 Å². The van der Waals surface area contributed by atoms with E-state index in [2.05, 4.69) is 5.32 Å². The van der Waals surface area contributed by atoms with E-state index in [1.165, 1.54) is 6.07 Å². The molecule has 3 aromatic rings. The molecule has 190 valence electrons. The van der Waals surface area contributed by atoms with E-state index in [0.29, 0.717) is 46.7 Å². The van der Waals surface area contributed by atoms with Crippen LogP contribution in [0.3, 0.4) is 0 Å². The summed E-state index contributed by atoms with van der Waals surface area (Å²) in [6.45, 7) is 1.39. The zero-order valence-corrected chi connectivity index (χ0v) is 21.2. The highest BCUT2D eigenvalue weighted by molar-refractivity contribution is 6.36. The topological polar surface area (TPSA) is 113 Å². The number of hydrogen-bond donors (Lipinski definition) is 2. The van der Waals surface area contributed by atoms with Crippen LogP contribution in [0.5, 0.6) is 5.75 Å². The molecular formula is C27H22Cl2N2O6. The minimum atomic E-state index is -0.774. The number of benzene rings is 3. The van der Waals surface area contributed by atoms with Gasteiger partial charge in [0, 0.05) is 34.3 Å². The molecule has 0 aliphatic carbocycles. The Balaban J connectivity index is 1.74. The highest BCUT2D eigenvalue weighted by Crippen LogP contribution is 2.34. The molecule has 0 aromatic heterocycles. The van der Waals surface area contributed by atoms with Gasteiger partial charge in [-0.2, -0.15) is 0 Å². The van der Waals surface area contributed by atoms with E-state index in [4.69, 9.17) is 27.9 Å². The van der Waals surface area contributed by atoms with Crippen molar-refractivity contribution in [2.75, 3.05) is 25.5 Å². The van der Waals surface area contributed by atoms with Crippen LogP contribution in [0.15, 0.2) is 48.5 Å². The standard InChI is InChI=1S/C27H22Cl2N2O6/c1-31-7-6-19(12-31)37-27(36)21-4-2-15(20-5-3-18(28)10-23(20)29)9-24(21)30-26(35)22-11-25(34)17(14-33)8-16(22)13-32/h2-5,8-11,13-14,19,34H,6-7,12H2,1H3,(H,30,35). The fraction of sp³-hybridized carbons (Fsp3) is 0.185. The van der Waals surface area contributed by atoms with Crippen LogP contribution in [0, 0.1) is 0 Å². The molecule has 2 N–H and O–H groups in total. The van der Waals surface area contributed by atoms with Gasteiger partial charge in [0.15, 0.2) is 12.6 Å². The lowest BCUT2D eigenvalue weighted by Crippen LogP contribution is -2.23. The average molecular weight is 541 g/mol. The molecule has 10 heteroatoms. The number of phenolic OH excluding ortho intramolecular Hbond substituents is 1. The van der Waals surface area contributed by atoms with E-state index < -0.39 is 17.6 Å². The van der Waals surface area contributed by atoms with Gasteiger partial charge >= 0.3 is 5.97 Å².